The molecule has 1 heterocycles. The van der Waals surface area contributed by atoms with Crippen molar-refractivity contribution >= 4 is 16.5 Å². The van der Waals surface area contributed by atoms with Crippen LogP contribution in [0.4, 0.5) is 5.69 Å². The quantitative estimate of drug-likeness (QED) is 0.702. The zero-order valence-corrected chi connectivity index (χ0v) is 9.95. The summed E-state index contributed by atoms with van der Waals surface area (Å²) in [6.07, 6.45) is 5.48. The fourth-order valence-electron chi connectivity index (χ4n) is 3.67. The van der Waals surface area contributed by atoms with Gasteiger partial charge >= 0.3 is 0 Å². The van der Waals surface area contributed by atoms with E-state index < -0.39 is 0 Å². The van der Waals surface area contributed by atoms with Gasteiger partial charge < -0.3 is 5.32 Å². The van der Waals surface area contributed by atoms with Gasteiger partial charge in [0.15, 0.2) is 0 Å². The third-order valence-corrected chi connectivity index (χ3v) is 4.45. The van der Waals surface area contributed by atoms with Crippen LogP contribution in [-0.2, 0) is 0 Å². The molecule has 1 saturated carbocycles. The third kappa shape index (κ3) is 1.32. The molecule has 0 saturated heterocycles. The molecule has 2 aliphatic rings. The van der Waals surface area contributed by atoms with Gasteiger partial charge in [-0.1, -0.05) is 43.2 Å². The Balaban J connectivity index is 1.96. The molecule has 0 aromatic heterocycles. The minimum absolute atomic E-state index is 0.699. The molecule has 86 valence electrons. The van der Waals surface area contributed by atoms with Crippen molar-refractivity contribution in [2.24, 2.45) is 0 Å². The van der Waals surface area contributed by atoms with Crippen molar-refractivity contribution in [2.75, 3.05) is 5.32 Å². The molecule has 0 radical (unpaired) electrons. The Morgan fingerprint density at radius 2 is 1.82 bits per heavy atom. The first-order chi connectivity index (χ1) is 8.43. The van der Waals surface area contributed by atoms with Gasteiger partial charge in [-0.25, -0.2) is 0 Å². The molecule has 1 fully saturated rings. The molecule has 1 N–H and O–H groups in total. The summed E-state index contributed by atoms with van der Waals surface area (Å²) in [4.78, 5) is 0. The van der Waals surface area contributed by atoms with Gasteiger partial charge in [0.05, 0.1) is 0 Å². The average Bonchev–Trinajstić information content (AvgIpc) is 2.77. The highest BCUT2D eigenvalue weighted by Gasteiger charge is 2.34. The van der Waals surface area contributed by atoms with Gasteiger partial charge in [-0.2, -0.15) is 0 Å². The molecule has 2 atom stereocenters. The molecule has 1 aliphatic heterocycles. The van der Waals surface area contributed by atoms with Crippen LogP contribution < -0.4 is 5.32 Å². The number of nitrogens with one attached hydrogen (secondary N) is 1. The summed E-state index contributed by atoms with van der Waals surface area (Å²) in [5.41, 5.74) is 2.98. The largest absolute Gasteiger partial charge is 0.381 e. The van der Waals surface area contributed by atoms with E-state index in [0.29, 0.717) is 6.04 Å². The Bertz CT molecular complexity index is 573. The summed E-state index contributed by atoms with van der Waals surface area (Å²) in [6.45, 7) is 0. The van der Waals surface area contributed by atoms with E-state index in [9.17, 15) is 0 Å². The van der Waals surface area contributed by atoms with Crippen molar-refractivity contribution in [2.45, 2.75) is 37.6 Å². The first-order valence-electron chi connectivity index (χ1n) is 6.72. The lowest BCUT2D eigenvalue weighted by atomic mass is 9.81. The lowest BCUT2D eigenvalue weighted by molar-refractivity contribution is 0.423. The summed E-state index contributed by atoms with van der Waals surface area (Å²) in [5.74, 6) is 0.754. The Labute approximate surface area is 102 Å². The van der Waals surface area contributed by atoms with Crippen LogP contribution in [0.25, 0.3) is 10.8 Å². The molecule has 2 aromatic rings. The van der Waals surface area contributed by atoms with Crippen molar-refractivity contribution in [1.82, 2.24) is 0 Å². The predicted octanol–water partition coefficient (Wildman–Crippen LogP) is 4.29. The first kappa shape index (κ1) is 9.52. The molecule has 2 unspecified atom stereocenters. The van der Waals surface area contributed by atoms with Gasteiger partial charge in [-0.15, -0.1) is 0 Å². The highest BCUT2D eigenvalue weighted by molar-refractivity contribution is 5.92. The fourth-order valence-corrected chi connectivity index (χ4v) is 3.67. The lowest BCUT2D eigenvalue weighted by Crippen LogP contribution is -2.23. The van der Waals surface area contributed by atoms with Crippen LogP contribution in [-0.4, -0.2) is 6.04 Å². The zero-order chi connectivity index (χ0) is 11.2. The van der Waals surface area contributed by atoms with E-state index in [4.69, 9.17) is 0 Å². The molecule has 4 rings (SSSR count). The van der Waals surface area contributed by atoms with E-state index in [1.54, 1.807) is 5.56 Å². The number of benzene rings is 2. The van der Waals surface area contributed by atoms with Crippen molar-refractivity contribution in [3.05, 3.63) is 42.0 Å². The smallest absolute Gasteiger partial charge is 0.0385 e. The predicted molar refractivity (Wildman–Crippen MR) is 72.6 cm³/mol. The normalized spacial score (nSPS) is 26.4. The monoisotopic (exact) mass is 223 g/mol. The third-order valence-electron chi connectivity index (χ3n) is 4.45. The van der Waals surface area contributed by atoms with Crippen molar-refractivity contribution in [3.63, 3.8) is 0 Å². The number of hydrogen-bond acceptors (Lipinski definition) is 1. The summed E-state index contributed by atoms with van der Waals surface area (Å²) in [6, 6.07) is 14.0. The fraction of sp³-hybridized carbons (Fsp3) is 0.375. The van der Waals surface area contributed by atoms with Crippen LogP contribution in [0.1, 0.15) is 37.2 Å². The molecule has 2 aromatic carbocycles. The molecule has 1 nitrogen and oxygen atoms in total. The molecule has 1 heteroatoms. The second kappa shape index (κ2) is 3.49. The van der Waals surface area contributed by atoms with Crippen LogP contribution in [0, 0.1) is 0 Å². The minimum Gasteiger partial charge on any atom is -0.381 e. The summed E-state index contributed by atoms with van der Waals surface area (Å²) in [5, 5.41) is 6.58. The van der Waals surface area contributed by atoms with E-state index in [-0.39, 0.29) is 0 Å². The maximum absolute atomic E-state index is 3.73. The highest BCUT2D eigenvalue weighted by Crippen LogP contribution is 2.46. The topological polar surface area (TPSA) is 12.0 Å². The van der Waals surface area contributed by atoms with E-state index in [1.165, 1.54) is 42.1 Å². The molecular formula is C16H17N. The van der Waals surface area contributed by atoms with Crippen molar-refractivity contribution < 1.29 is 0 Å². The van der Waals surface area contributed by atoms with E-state index in [1.807, 2.05) is 0 Å². The van der Waals surface area contributed by atoms with Crippen molar-refractivity contribution in [1.29, 1.82) is 0 Å². The zero-order valence-electron chi connectivity index (χ0n) is 9.95. The van der Waals surface area contributed by atoms with Crippen LogP contribution in [0.2, 0.25) is 0 Å². The summed E-state index contributed by atoms with van der Waals surface area (Å²) in [7, 11) is 0. The van der Waals surface area contributed by atoms with Crippen molar-refractivity contribution in [3.8, 4) is 0 Å². The Hall–Kier alpha value is -1.50. The average molecular weight is 223 g/mol. The van der Waals surface area contributed by atoms with E-state index >= 15 is 0 Å². The standard InChI is InChI=1S/C16H17N/c1-2-6-12-11(5-1)9-10-15-16(12)13-7-3-4-8-14(13)17-15/h1-2,5-6,9-10,13-14,17H,3-4,7-8H2. The molecule has 17 heavy (non-hydrogen) atoms. The van der Waals surface area contributed by atoms with Gasteiger partial charge in [0, 0.05) is 17.6 Å². The second-order valence-corrected chi connectivity index (χ2v) is 5.39. The molecule has 1 aliphatic carbocycles. The van der Waals surface area contributed by atoms with Crippen LogP contribution in [0.15, 0.2) is 36.4 Å². The maximum Gasteiger partial charge on any atom is 0.0385 e. The minimum atomic E-state index is 0.699. The molecule has 0 spiro atoms. The number of anilines is 1. The molecule has 0 amide bonds. The van der Waals surface area contributed by atoms with E-state index in [2.05, 4.69) is 41.7 Å². The van der Waals surface area contributed by atoms with Gasteiger partial charge in [-0.3, -0.25) is 0 Å². The van der Waals surface area contributed by atoms with Gasteiger partial charge in [-0.05, 0) is 35.2 Å². The van der Waals surface area contributed by atoms with Crippen LogP contribution in [0.5, 0.6) is 0 Å². The SMILES string of the molecule is c1ccc2c3c(ccc2c1)NC1CCCCC31. The summed E-state index contributed by atoms with van der Waals surface area (Å²) < 4.78 is 0. The van der Waals surface area contributed by atoms with Crippen LogP contribution in [0.3, 0.4) is 0 Å². The number of rotatable bonds is 0. The van der Waals surface area contributed by atoms with E-state index in [0.717, 1.165) is 5.92 Å². The van der Waals surface area contributed by atoms with Gasteiger partial charge in [0.1, 0.15) is 0 Å². The Kier molecular flexibility index (Phi) is 1.96. The summed E-state index contributed by atoms with van der Waals surface area (Å²) >= 11 is 0. The molecule has 0 bridgehead atoms. The highest BCUT2D eigenvalue weighted by atomic mass is 15.0. The van der Waals surface area contributed by atoms with Crippen LogP contribution >= 0.6 is 0 Å². The number of fused-ring (bicyclic) bond motifs is 5. The Morgan fingerprint density at radius 1 is 0.941 bits per heavy atom. The maximum atomic E-state index is 3.73. The lowest BCUT2D eigenvalue weighted by Gasteiger charge is -2.25. The second-order valence-electron chi connectivity index (χ2n) is 5.39. The Morgan fingerprint density at radius 3 is 2.82 bits per heavy atom. The first-order valence-corrected chi connectivity index (χ1v) is 6.72. The number of hydrogen-bond donors (Lipinski definition) is 1. The van der Waals surface area contributed by atoms with Gasteiger partial charge in [0.25, 0.3) is 0 Å². The molecular weight excluding hydrogens is 206 g/mol. The van der Waals surface area contributed by atoms with Gasteiger partial charge in [0.2, 0.25) is 0 Å².